The van der Waals surface area contributed by atoms with Crippen LogP contribution in [0.5, 0.6) is 0 Å². The summed E-state index contributed by atoms with van der Waals surface area (Å²) in [6, 6.07) is 5.65. The molecule has 1 unspecified atom stereocenters. The van der Waals surface area contributed by atoms with E-state index < -0.39 is 35.2 Å². The van der Waals surface area contributed by atoms with E-state index in [4.69, 9.17) is 16.3 Å². The number of hydrogen-bond acceptors (Lipinski definition) is 4. The molecule has 10 heteroatoms. The maximum Gasteiger partial charge on any atom is 0.434 e. The monoisotopic (exact) mass is 429 g/mol. The number of amides is 1. The predicted molar refractivity (Wildman–Crippen MR) is 98.8 cm³/mol. The zero-order valence-electron chi connectivity index (χ0n) is 15.6. The Hall–Kier alpha value is -2.55. The van der Waals surface area contributed by atoms with Gasteiger partial charge in [0.15, 0.2) is 5.69 Å². The Bertz CT molecular complexity index is 896. The van der Waals surface area contributed by atoms with Crippen LogP contribution in [0, 0.1) is 5.92 Å². The number of hydrogen-bond donors (Lipinski definition) is 0. The average molecular weight is 430 g/mol. The third-order valence-corrected chi connectivity index (χ3v) is 4.92. The van der Waals surface area contributed by atoms with E-state index in [0.717, 1.165) is 6.20 Å². The molecule has 1 aromatic carbocycles. The maximum atomic E-state index is 13.8. The highest BCUT2D eigenvalue weighted by Crippen LogP contribution is 2.35. The van der Waals surface area contributed by atoms with Gasteiger partial charge in [0, 0.05) is 18.1 Å². The first-order chi connectivity index (χ1) is 13.7. The second-order valence-corrected chi connectivity index (χ2v) is 7.07. The first-order valence-electron chi connectivity index (χ1n) is 9.09. The smallest absolute Gasteiger partial charge is 0.434 e. The van der Waals surface area contributed by atoms with E-state index in [2.05, 4.69) is 5.10 Å². The minimum atomic E-state index is -4.81. The number of rotatable bonds is 4. The molecule has 0 spiro atoms. The summed E-state index contributed by atoms with van der Waals surface area (Å²) in [5.74, 6) is -1.81. The molecule has 1 aromatic heterocycles. The maximum absolute atomic E-state index is 13.8. The number of nitrogens with zero attached hydrogens (tertiary/aromatic N) is 3. The molecule has 0 radical (unpaired) electrons. The molecule has 1 fully saturated rings. The first kappa shape index (κ1) is 21.2. The SMILES string of the molecule is CCOC(=O)C1CCCN(C(=O)c2cnn(-c3ccc(Cl)cc3)c2C(F)(F)F)C1. The van der Waals surface area contributed by atoms with E-state index in [-0.39, 0.29) is 25.4 Å². The van der Waals surface area contributed by atoms with Crippen molar-refractivity contribution in [3.8, 4) is 5.69 Å². The van der Waals surface area contributed by atoms with E-state index in [9.17, 15) is 22.8 Å². The van der Waals surface area contributed by atoms with Crippen molar-refractivity contribution in [2.75, 3.05) is 19.7 Å². The summed E-state index contributed by atoms with van der Waals surface area (Å²) in [7, 11) is 0. The van der Waals surface area contributed by atoms with Gasteiger partial charge in [-0.15, -0.1) is 0 Å². The lowest BCUT2D eigenvalue weighted by atomic mass is 9.97. The van der Waals surface area contributed by atoms with Crippen molar-refractivity contribution in [1.82, 2.24) is 14.7 Å². The number of aromatic nitrogens is 2. The van der Waals surface area contributed by atoms with Crippen molar-refractivity contribution in [2.45, 2.75) is 25.9 Å². The van der Waals surface area contributed by atoms with Gasteiger partial charge in [0.1, 0.15) is 0 Å². The Kier molecular flexibility index (Phi) is 6.16. The van der Waals surface area contributed by atoms with E-state index in [1.807, 2.05) is 0 Å². The second kappa shape index (κ2) is 8.44. The normalized spacial score (nSPS) is 17.3. The fourth-order valence-electron chi connectivity index (χ4n) is 3.34. The Morgan fingerprint density at radius 2 is 1.97 bits per heavy atom. The highest BCUT2D eigenvalue weighted by molar-refractivity contribution is 6.30. The van der Waals surface area contributed by atoms with Crippen LogP contribution < -0.4 is 0 Å². The van der Waals surface area contributed by atoms with Gasteiger partial charge >= 0.3 is 12.1 Å². The van der Waals surface area contributed by atoms with Gasteiger partial charge in [-0.3, -0.25) is 9.59 Å². The van der Waals surface area contributed by atoms with Crippen LogP contribution in [-0.2, 0) is 15.7 Å². The summed E-state index contributed by atoms with van der Waals surface area (Å²) in [4.78, 5) is 26.1. The summed E-state index contributed by atoms with van der Waals surface area (Å²) in [5, 5.41) is 4.16. The van der Waals surface area contributed by atoms with E-state index in [1.54, 1.807) is 6.92 Å². The lowest BCUT2D eigenvalue weighted by molar-refractivity contribution is -0.149. The molecule has 2 aromatic rings. The topological polar surface area (TPSA) is 64.4 Å². The molecule has 1 atom stereocenters. The van der Waals surface area contributed by atoms with Crippen molar-refractivity contribution in [3.63, 3.8) is 0 Å². The Balaban J connectivity index is 1.93. The Morgan fingerprint density at radius 3 is 2.59 bits per heavy atom. The van der Waals surface area contributed by atoms with Crippen LogP contribution in [-0.4, -0.2) is 46.3 Å². The molecule has 29 heavy (non-hydrogen) atoms. The third kappa shape index (κ3) is 4.55. The quantitative estimate of drug-likeness (QED) is 0.690. The van der Waals surface area contributed by atoms with Crippen molar-refractivity contribution in [3.05, 3.63) is 46.7 Å². The summed E-state index contributed by atoms with van der Waals surface area (Å²) < 4.78 is 47.1. The van der Waals surface area contributed by atoms with Gasteiger partial charge in [0.2, 0.25) is 0 Å². The van der Waals surface area contributed by atoms with Crippen molar-refractivity contribution < 1.29 is 27.5 Å². The highest BCUT2D eigenvalue weighted by Gasteiger charge is 2.42. The van der Waals surface area contributed by atoms with E-state index in [1.165, 1.54) is 29.2 Å². The van der Waals surface area contributed by atoms with Gasteiger partial charge in [-0.2, -0.15) is 18.3 Å². The van der Waals surface area contributed by atoms with Gasteiger partial charge in [0.25, 0.3) is 5.91 Å². The molecule has 0 N–H and O–H groups in total. The van der Waals surface area contributed by atoms with Crippen LogP contribution >= 0.6 is 11.6 Å². The zero-order valence-corrected chi connectivity index (χ0v) is 16.3. The number of esters is 1. The van der Waals surface area contributed by atoms with Crippen molar-refractivity contribution in [2.24, 2.45) is 5.92 Å². The molecular formula is C19H19ClF3N3O3. The average Bonchev–Trinajstić information content (AvgIpc) is 3.14. The molecule has 6 nitrogen and oxygen atoms in total. The summed E-state index contributed by atoms with van der Waals surface area (Å²) >= 11 is 5.80. The Labute approximate surface area is 170 Å². The fourth-order valence-corrected chi connectivity index (χ4v) is 3.47. The van der Waals surface area contributed by atoms with Gasteiger partial charge in [0.05, 0.1) is 30.0 Å². The number of alkyl halides is 3. The van der Waals surface area contributed by atoms with Crippen LogP contribution in [0.25, 0.3) is 5.69 Å². The fraction of sp³-hybridized carbons (Fsp3) is 0.421. The van der Waals surface area contributed by atoms with E-state index >= 15 is 0 Å². The molecule has 2 heterocycles. The highest BCUT2D eigenvalue weighted by atomic mass is 35.5. The van der Waals surface area contributed by atoms with Crippen LogP contribution in [0.4, 0.5) is 13.2 Å². The molecule has 0 aliphatic carbocycles. The first-order valence-corrected chi connectivity index (χ1v) is 9.47. The molecule has 3 rings (SSSR count). The van der Waals surface area contributed by atoms with Crippen molar-refractivity contribution in [1.29, 1.82) is 0 Å². The standard InChI is InChI=1S/C19H19ClF3N3O3/c1-2-29-18(28)12-4-3-9-25(11-12)17(27)15-10-24-26(16(15)19(21,22)23)14-7-5-13(20)6-8-14/h5-8,10,12H,2-4,9,11H2,1H3. The molecule has 1 saturated heterocycles. The number of carbonyl (C=O) groups is 2. The number of benzene rings is 1. The zero-order chi connectivity index (χ0) is 21.2. The number of halogens is 4. The van der Waals surface area contributed by atoms with Gasteiger partial charge in [-0.05, 0) is 44.0 Å². The summed E-state index contributed by atoms with van der Waals surface area (Å²) in [5.41, 5.74) is -1.59. The van der Waals surface area contributed by atoms with Crippen molar-refractivity contribution >= 4 is 23.5 Å². The lowest BCUT2D eigenvalue weighted by Gasteiger charge is -2.31. The number of likely N-dealkylation sites (tertiary alicyclic amines) is 1. The van der Waals surface area contributed by atoms with Gasteiger partial charge in [-0.25, -0.2) is 4.68 Å². The largest absolute Gasteiger partial charge is 0.466 e. The number of ether oxygens (including phenoxy) is 1. The number of piperidine rings is 1. The van der Waals surface area contributed by atoms with Crippen LogP contribution in [0.1, 0.15) is 35.8 Å². The lowest BCUT2D eigenvalue weighted by Crippen LogP contribution is -2.43. The minimum Gasteiger partial charge on any atom is -0.466 e. The molecule has 156 valence electrons. The molecule has 0 bridgehead atoms. The number of carbonyl (C=O) groups excluding carboxylic acids is 2. The molecule has 1 aliphatic rings. The summed E-state index contributed by atoms with van der Waals surface area (Å²) in [6.45, 7) is 2.15. The third-order valence-electron chi connectivity index (χ3n) is 4.67. The molecule has 1 amide bonds. The van der Waals surface area contributed by atoms with Crippen LogP contribution in [0.15, 0.2) is 30.5 Å². The van der Waals surface area contributed by atoms with Crippen LogP contribution in [0.3, 0.4) is 0 Å². The van der Waals surface area contributed by atoms with E-state index in [0.29, 0.717) is 22.5 Å². The molecule has 0 saturated carbocycles. The second-order valence-electron chi connectivity index (χ2n) is 6.64. The molecule has 1 aliphatic heterocycles. The summed E-state index contributed by atoms with van der Waals surface area (Å²) in [6.07, 6.45) is -2.87. The van der Waals surface area contributed by atoms with Gasteiger partial charge < -0.3 is 9.64 Å². The predicted octanol–water partition coefficient (Wildman–Crippen LogP) is 3.96. The molecular weight excluding hydrogens is 411 g/mol. The van der Waals surface area contributed by atoms with Crippen LogP contribution in [0.2, 0.25) is 5.02 Å². The Morgan fingerprint density at radius 1 is 1.28 bits per heavy atom. The minimum absolute atomic E-state index is 0.0150. The van der Waals surface area contributed by atoms with Gasteiger partial charge in [-0.1, -0.05) is 11.6 Å².